The van der Waals surface area contributed by atoms with Gasteiger partial charge in [0, 0.05) is 6.54 Å². The molecule has 1 aromatic heterocycles. The first-order chi connectivity index (χ1) is 6.91. The molecule has 1 N–H and O–H groups in total. The molecule has 0 atom stereocenters. The van der Waals surface area contributed by atoms with Gasteiger partial charge in [0.05, 0.1) is 6.20 Å². The van der Waals surface area contributed by atoms with E-state index in [0.717, 1.165) is 24.2 Å². The molecule has 0 saturated heterocycles. The van der Waals surface area contributed by atoms with Gasteiger partial charge in [0.2, 0.25) is 0 Å². The first kappa shape index (κ1) is 11.3. The molecule has 0 aliphatic heterocycles. The number of thiazole rings is 1. The highest BCUT2D eigenvalue weighted by Crippen LogP contribution is 2.44. The molecule has 84 valence electrons. The topological polar surface area (TPSA) is 59.1 Å². The van der Waals surface area contributed by atoms with Crippen molar-refractivity contribution in [2.75, 3.05) is 6.54 Å². The van der Waals surface area contributed by atoms with Crippen LogP contribution in [0.15, 0.2) is 10.4 Å². The van der Waals surface area contributed by atoms with Crippen molar-refractivity contribution in [3.8, 4) is 0 Å². The standard InChI is InChI=1S/C8H11ClN2O2S2/c1-8(2-3-8)5-11-15(12,13)6-4-10-7(9)14-6/h4,11H,2-3,5H2,1H3. The third kappa shape index (κ3) is 2.69. The van der Waals surface area contributed by atoms with Gasteiger partial charge in [0.25, 0.3) is 10.0 Å². The zero-order valence-corrected chi connectivity index (χ0v) is 10.5. The molecule has 15 heavy (non-hydrogen) atoms. The summed E-state index contributed by atoms with van der Waals surface area (Å²) < 4.78 is 26.4. The van der Waals surface area contributed by atoms with Gasteiger partial charge in [-0.3, -0.25) is 0 Å². The molecule has 1 heterocycles. The Morgan fingerprint density at radius 3 is 2.80 bits per heavy atom. The summed E-state index contributed by atoms with van der Waals surface area (Å²) in [6.45, 7) is 2.56. The van der Waals surface area contributed by atoms with Crippen molar-refractivity contribution >= 4 is 33.0 Å². The summed E-state index contributed by atoms with van der Waals surface area (Å²) in [5, 5.41) is 0. The van der Waals surface area contributed by atoms with E-state index < -0.39 is 10.0 Å². The normalized spacial score (nSPS) is 19.1. The monoisotopic (exact) mass is 266 g/mol. The Balaban J connectivity index is 2.06. The fourth-order valence-corrected chi connectivity index (χ4v) is 3.63. The highest BCUT2D eigenvalue weighted by molar-refractivity contribution is 7.91. The lowest BCUT2D eigenvalue weighted by atomic mass is 10.2. The minimum atomic E-state index is -3.41. The first-order valence-electron chi connectivity index (χ1n) is 4.52. The molecule has 0 bridgehead atoms. The van der Waals surface area contributed by atoms with Crippen LogP contribution in [-0.2, 0) is 10.0 Å². The minimum absolute atomic E-state index is 0.154. The molecular formula is C8H11ClN2O2S2. The molecule has 4 nitrogen and oxygen atoms in total. The van der Waals surface area contributed by atoms with E-state index in [2.05, 4.69) is 16.6 Å². The fourth-order valence-electron chi connectivity index (χ4n) is 1.09. The zero-order valence-electron chi connectivity index (χ0n) is 8.16. The maximum absolute atomic E-state index is 11.7. The van der Waals surface area contributed by atoms with Gasteiger partial charge in [-0.15, -0.1) is 0 Å². The number of rotatable bonds is 4. The Morgan fingerprint density at radius 1 is 1.67 bits per heavy atom. The van der Waals surface area contributed by atoms with E-state index in [4.69, 9.17) is 11.6 Å². The van der Waals surface area contributed by atoms with Gasteiger partial charge in [0.1, 0.15) is 0 Å². The molecule has 0 spiro atoms. The van der Waals surface area contributed by atoms with Crippen LogP contribution in [-0.4, -0.2) is 19.9 Å². The Kier molecular flexibility index (Phi) is 2.79. The molecule has 1 aromatic rings. The van der Waals surface area contributed by atoms with E-state index in [9.17, 15) is 8.42 Å². The van der Waals surface area contributed by atoms with Gasteiger partial charge >= 0.3 is 0 Å². The number of sulfonamides is 1. The molecule has 0 amide bonds. The van der Waals surface area contributed by atoms with Gasteiger partial charge in [-0.1, -0.05) is 29.9 Å². The van der Waals surface area contributed by atoms with E-state index in [1.807, 2.05) is 0 Å². The highest BCUT2D eigenvalue weighted by atomic mass is 35.5. The van der Waals surface area contributed by atoms with Crippen molar-refractivity contribution in [2.24, 2.45) is 5.41 Å². The van der Waals surface area contributed by atoms with Gasteiger partial charge < -0.3 is 0 Å². The number of nitrogens with zero attached hydrogens (tertiary/aromatic N) is 1. The van der Waals surface area contributed by atoms with E-state index in [0.29, 0.717) is 6.54 Å². The quantitative estimate of drug-likeness (QED) is 0.905. The maximum atomic E-state index is 11.7. The first-order valence-corrected chi connectivity index (χ1v) is 7.20. The Morgan fingerprint density at radius 2 is 2.33 bits per heavy atom. The summed E-state index contributed by atoms with van der Waals surface area (Å²) in [6, 6.07) is 0. The van der Waals surface area contributed by atoms with Crippen molar-refractivity contribution in [1.29, 1.82) is 0 Å². The second kappa shape index (κ2) is 3.69. The molecule has 0 unspecified atom stereocenters. The summed E-state index contributed by atoms with van der Waals surface area (Å²) in [6.07, 6.45) is 3.45. The summed E-state index contributed by atoms with van der Waals surface area (Å²) in [5.41, 5.74) is 0.154. The van der Waals surface area contributed by atoms with E-state index in [1.54, 1.807) is 0 Å². The van der Waals surface area contributed by atoms with Crippen molar-refractivity contribution in [2.45, 2.75) is 24.0 Å². The molecular weight excluding hydrogens is 256 g/mol. The third-order valence-electron chi connectivity index (χ3n) is 2.51. The van der Waals surface area contributed by atoms with Crippen LogP contribution in [0.5, 0.6) is 0 Å². The summed E-state index contributed by atoms with van der Waals surface area (Å²) in [5.74, 6) is 0. The van der Waals surface area contributed by atoms with Gasteiger partial charge in [-0.05, 0) is 18.3 Å². The second-order valence-corrected chi connectivity index (χ2v) is 7.67. The Hall–Kier alpha value is -0.170. The summed E-state index contributed by atoms with van der Waals surface area (Å²) in [4.78, 5) is 3.71. The van der Waals surface area contributed by atoms with Crippen LogP contribution in [0.1, 0.15) is 19.8 Å². The predicted octanol–water partition coefficient (Wildman–Crippen LogP) is 1.87. The molecule has 0 aromatic carbocycles. The van der Waals surface area contributed by atoms with Crippen LogP contribution in [0.25, 0.3) is 0 Å². The molecule has 2 rings (SSSR count). The van der Waals surface area contributed by atoms with Gasteiger partial charge in [0.15, 0.2) is 8.68 Å². The predicted molar refractivity (Wildman–Crippen MR) is 59.7 cm³/mol. The lowest BCUT2D eigenvalue weighted by Crippen LogP contribution is -2.28. The summed E-state index contributed by atoms with van der Waals surface area (Å²) >= 11 is 6.55. The van der Waals surface area contributed by atoms with Gasteiger partial charge in [-0.2, -0.15) is 0 Å². The molecule has 1 aliphatic rings. The highest BCUT2D eigenvalue weighted by Gasteiger charge is 2.38. The number of hydrogen-bond acceptors (Lipinski definition) is 4. The van der Waals surface area contributed by atoms with Crippen LogP contribution in [0, 0.1) is 5.41 Å². The number of aromatic nitrogens is 1. The van der Waals surface area contributed by atoms with Crippen LogP contribution in [0.4, 0.5) is 0 Å². The SMILES string of the molecule is CC1(CNS(=O)(=O)c2cnc(Cl)s2)CC1. The van der Waals surface area contributed by atoms with Crippen LogP contribution < -0.4 is 4.72 Å². The number of nitrogens with one attached hydrogen (secondary N) is 1. The van der Waals surface area contributed by atoms with Gasteiger partial charge in [-0.25, -0.2) is 18.1 Å². The smallest absolute Gasteiger partial charge is 0.232 e. The molecule has 1 saturated carbocycles. The van der Waals surface area contributed by atoms with E-state index in [-0.39, 0.29) is 14.1 Å². The molecule has 1 aliphatic carbocycles. The van der Waals surface area contributed by atoms with Crippen molar-refractivity contribution < 1.29 is 8.42 Å². The van der Waals surface area contributed by atoms with E-state index in [1.165, 1.54) is 6.20 Å². The number of hydrogen-bond donors (Lipinski definition) is 1. The lowest BCUT2D eigenvalue weighted by Gasteiger charge is -2.08. The minimum Gasteiger partial charge on any atom is -0.232 e. The average molecular weight is 267 g/mol. The molecule has 1 fully saturated rings. The number of halogens is 1. The van der Waals surface area contributed by atoms with Crippen molar-refractivity contribution in [3.05, 3.63) is 10.7 Å². The lowest BCUT2D eigenvalue weighted by molar-refractivity contribution is 0.531. The van der Waals surface area contributed by atoms with E-state index >= 15 is 0 Å². The molecule has 7 heteroatoms. The van der Waals surface area contributed by atoms with Crippen LogP contribution >= 0.6 is 22.9 Å². The Labute approximate surface area is 97.7 Å². The molecule has 0 radical (unpaired) electrons. The third-order valence-corrected chi connectivity index (χ3v) is 5.49. The zero-order chi connectivity index (χ0) is 11.1. The second-order valence-electron chi connectivity index (χ2n) is 4.07. The van der Waals surface area contributed by atoms with Crippen LogP contribution in [0.3, 0.4) is 0 Å². The van der Waals surface area contributed by atoms with Crippen molar-refractivity contribution in [3.63, 3.8) is 0 Å². The summed E-state index contributed by atoms with van der Waals surface area (Å²) in [7, 11) is -3.41. The van der Waals surface area contributed by atoms with Crippen molar-refractivity contribution in [1.82, 2.24) is 9.71 Å². The Bertz CT molecular complexity index is 465. The van der Waals surface area contributed by atoms with Crippen LogP contribution in [0.2, 0.25) is 4.47 Å². The fraction of sp³-hybridized carbons (Fsp3) is 0.625. The average Bonchev–Trinajstić information content (AvgIpc) is 2.72. The largest absolute Gasteiger partial charge is 0.251 e. The maximum Gasteiger partial charge on any atom is 0.251 e.